The first kappa shape index (κ1) is 18.5. The smallest absolute Gasteiger partial charge is 0.261 e. The van der Waals surface area contributed by atoms with Crippen LogP contribution in [0.5, 0.6) is 0 Å². The van der Waals surface area contributed by atoms with Gasteiger partial charge in [-0.2, -0.15) is 0 Å². The van der Waals surface area contributed by atoms with Crippen LogP contribution in [0.4, 0.5) is 15.3 Å². The second-order valence-corrected chi connectivity index (χ2v) is 7.48. The first-order valence-electron chi connectivity index (χ1n) is 8.97. The Labute approximate surface area is 166 Å². The van der Waals surface area contributed by atoms with Gasteiger partial charge in [-0.1, -0.05) is 12.1 Å². The Morgan fingerprint density at radius 1 is 1.21 bits per heavy atom. The highest BCUT2D eigenvalue weighted by Gasteiger charge is 2.20. The van der Waals surface area contributed by atoms with Crippen LogP contribution in [-0.2, 0) is 11.2 Å². The van der Waals surface area contributed by atoms with Crippen molar-refractivity contribution in [3.05, 3.63) is 70.6 Å². The number of ether oxygens (including phenoxy) is 1. The number of nitrogens with zero attached hydrogens (tertiary/aromatic N) is 3. The van der Waals surface area contributed by atoms with Crippen LogP contribution in [-0.4, -0.2) is 42.2 Å². The molecule has 1 N–H and O–H groups in total. The number of thiazole rings is 1. The Hall–Kier alpha value is -2.84. The molecule has 0 aliphatic carbocycles. The van der Waals surface area contributed by atoms with Crippen molar-refractivity contribution in [3.8, 4) is 0 Å². The highest BCUT2D eigenvalue weighted by molar-refractivity contribution is 7.15. The Morgan fingerprint density at radius 3 is 2.89 bits per heavy atom. The van der Waals surface area contributed by atoms with Gasteiger partial charge in [0.1, 0.15) is 11.6 Å². The van der Waals surface area contributed by atoms with Crippen molar-refractivity contribution in [2.24, 2.45) is 0 Å². The van der Waals surface area contributed by atoms with E-state index in [1.54, 1.807) is 30.6 Å². The molecular weight excluding hydrogens is 379 g/mol. The molecule has 3 aromatic rings. The van der Waals surface area contributed by atoms with E-state index in [9.17, 15) is 9.18 Å². The predicted molar refractivity (Wildman–Crippen MR) is 107 cm³/mol. The molecule has 4 rings (SSSR count). The molecule has 0 atom stereocenters. The maximum absolute atomic E-state index is 13.3. The van der Waals surface area contributed by atoms with Crippen LogP contribution in [0.25, 0.3) is 0 Å². The van der Waals surface area contributed by atoms with Gasteiger partial charge in [0.25, 0.3) is 5.91 Å². The number of aromatic nitrogens is 2. The third-order valence-corrected chi connectivity index (χ3v) is 5.30. The van der Waals surface area contributed by atoms with E-state index in [-0.39, 0.29) is 11.7 Å². The Kier molecular flexibility index (Phi) is 5.59. The molecule has 1 aliphatic heterocycles. The number of anilines is 2. The maximum Gasteiger partial charge on any atom is 0.261 e. The lowest BCUT2D eigenvalue weighted by atomic mass is 10.1. The van der Waals surface area contributed by atoms with E-state index in [1.165, 1.54) is 23.5 Å². The summed E-state index contributed by atoms with van der Waals surface area (Å²) in [5.74, 6) is 0.142. The average molecular weight is 398 g/mol. The quantitative estimate of drug-likeness (QED) is 0.714. The molecule has 0 spiro atoms. The van der Waals surface area contributed by atoms with E-state index in [0.717, 1.165) is 10.4 Å². The number of nitrogens with one attached hydrogen (secondary N) is 1. The largest absolute Gasteiger partial charge is 0.378 e. The molecule has 1 amide bonds. The van der Waals surface area contributed by atoms with Crippen molar-refractivity contribution in [2.45, 2.75) is 6.42 Å². The van der Waals surface area contributed by atoms with E-state index in [2.05, 4.69) is 20.2 Å². The number of carbonyl (C=O) groups excluding carboxylic acids is 1. The van der Waals surface area contributed by atoms with E-state index in [4.69, 9.17) is 4.74 Å². The number of pyridine rings is 1. The number of benzene rings is 1. The third-order valence-electron chi connectivity index (χ3n) is 4.38. The summed E-state index contributed by atoms with van der Waals surface area (Å²) < 4.78 is 18.7. The Bertz CT molecular complexity index is 972. The second-order valence-electron chi connectivity index (χ2n) is 6.37. The van der Waals surface area contributed by atoms with Crippen LogP contribution in [0.1, 0.15) is 20.8 Å². The maximum atomic E-state index is 13.3. The summed E-state index contributed by atoms with van der Waals surface area (Å²) in [4.78, 5) is 24.5. The van der Waals surface area contributed by atoms with E-state index in [0.29, 0.717) is 49.2 Å². The van der Waals surface area contributed by atoms with Crippen molar-refractivity contribution in [1.29, 1.82) is 0 Å². The number of hydrogen-bond acceptors (Lipinski definition) is 6. The summed E-state index contributed by atoms with van der Waals surface area (Å²) in [7, 11) is 0. The van der Waals surface area contributed by atoms with Gasteiger partial charge in [-0.15, -0.1) is 11.3 Å². The van der Waals surface area contributed by atoms with Crippen LogP contribution in [0.3, 0.4) is 0 Å². The van der Waals surface area contributed by atoms with Gasteiger partial charge in [0, 0.05) is 36.8 Å². The van der Waals surface area contributed by atoms with Crippen LogP contribution in [0, 0.1) is 5.82 Å². The lowest BCUT2D eigenvalue weighted by Gasteiger charge is -2.29. The fourth-order valence-electron chi connectivity index (χ4n) is 3.06. The summed E-state index contributed by atoms with van der Waals surface area (Å²) >= 11 is 1.38. The van der Waals surface area contributed by atoms with E-state index >= 15 is 0 Å². The zero-order chi connectivity index (χ0) is 19.3. The molecule has 0 radical (unpaired) electrons. The van der Waals surface area contributed by atoms with Crippen molar-refractivity contribution >= 4 is 28.2 Å². The van der Waals surface area contributed by atoms with E-state index in [1.807, 2.05) is 6.07 Å². The van der Waals surface area contributed by atoms with E-state index < -0.39 is 0 Å². The lowest BCUT2D eigenvalue weighted by Crippen LogP contribution is -2.38. The van der Waals surface area contributed by atoms with Crippen molar-refractivity contribution in [1.82, 2.24) is 9.97 Å². The molecule has 1 aliphatic rings. The van der Waals surface area contributed by atoms with Gasteiger partial charge in [0.05, 0.1) is 18.8 Å². The molecule has 2 aromatic heterocycles. The standard InChI is InChI=1S/C20H19FN4O2S/c21-15-4-1-3-14(11-15)12-16-13-23-20(28-16)24-19(26)17-5-2-6-22-18(17)25-7-9-27-10-8-25/h1-6,11,13H,7-10,12H2,(H,23,24,26). The van der Waals surface area contributed by atoms with Crippen LogP contribution < -0.4 is 10.2 Å². The highest BCUT2D eigenvalue weighted by atomic mass is 32.1. The number of halogens is 1. The van der Waals surface area contributed by atoms with Crippen LogP contribution in [0.2, 0.25) is 0 Å². The molecule has 0 unspecified atom stereocenters. The summed E-state index contributed by atoms with van der Waals surface area (Å²) in [6.07, 6.45) is 3.95. The molecule has 0 bridgehead atoms. The molecule has 1 saturated heterocycles. The lowest BCUT2D eigenvalue weighted by molar-refractivity contribution is 0.102. The molecule has 144 valence electrons. The molecule has 1 fully saturated rings. The summed E-state index contributed by atoms with van der Waals surface area (Å²) in [6.45, 7) is 2.64. The number of rotatable bonds is 5. The van der Waals surface area contributed by atoms with Gasteiger partial charge in [0.15, 0.2) is 5.13 Å². The monoisotopic (exact) mass is 398 g/mol. The Morgan fingerprint density at radius 2 is 2.07 bits per heavy atom. The highest BCUT2D eigenvalue weighted by Crippen LogP contribution is 2.24. The van der Waals surface area contributed by atoms with Gasteiger partial charge in [-0.05, 0) is 29.8 Å². The van der Waals surface area contributed by atoms with Crippen molar-refractivity contribution < 1.29 is 13.9 Å². The summed E-state index contributed by atoms with van der Waals surface area (Å²) in [5, 5.41) is 3.36. The van der Waals surface area contributed by atoms with Gasteiger partial charge < -0.3 is 9.64 Å². The molecule has 28 heavy (non-hydrogen) atoms. The van der Waals surface area contributed by atoms with Crippen LogP contribution in [0.15, 0.2) is 48.8 Å². The first-order chi connectivity index (χ1) is 13.7. The van der Waals surface area contributed by atoms with Gasteiger partial charge in [0.2, 0.25) is 0 Å². The number of hydrogen-bond donors (Lipinski definition) is 1. The molecule has 8 heteroatoms. The number of morpholine rings is 1. The predicted octanol–water partition coefficient (Wildman–Crippen LogP) is 3.36. The first-order valence-corrected chi connectivity index (χ1v) is 9.79. The zero-order valence-electron chi connectivity index (χ0n) is 15.1. The minimum absolute atomic E-state index is 0.249. The SMILES string of the molecule is O=C(Nc1ncc(Cc2cccc(F)c2)s1)c1cccnc1N1CCOCC1. The second kappa shape index (κ2) is 8.45. The molecule has 0 saturated carbocycles. The molecule has 3 heterocycles. The van der Waals surface area contributed by atoms with Gasteiger partial charge in [-0.3, -0.25) is 10.1 Å². The molecule has 6 nitrogen and oxygen atoms in total. The normalized spacial score (nSPS) is 14.1. The topological polar surface area (TPSA) is 67.4 Å². The minimum atomic E-state index is -0.261. The number of carbonyl (C=O) groups is 1. The van der Waals surface area contributed by atoms with Gasteiger partial charge in [-0.25, -0.2) is 14.4 Å². The third kappa shape index (κ3) is 4.35. The van der Waals surface area contributed by atoms with Gasteiger partial charge >= 0.3 is 0 Å². The summed E-state index contributed by atoms with van der Waals surface area (Å²) in [6, 6.07) is 9.98. The molecular formula is C20H19FN4O2S. The minimum Gasteiger partial charge on any atom is -0.378 e. The van der Waals surface area contributed by atoms with Crippen molar-refractivity contribution in [2.75, 3.05) is 36.5 Å². The van der Waals surface area contributed by atoms with Crippen LogP contribution >= 0.6 is 11.3 Å². The fourth-order valence-corrected chi connectivity index (χ4v) is 3.90. The fraction of sp³-hybridized carbons (Fsp3) is 0.250. The zero-order valence-corrected chi connectivity index (χ0v) is 15.9. The average Bonchev–Trinajstić information content (AvgIpc) is 3.15. The molecule has 1 aromatic carbocycles. The Balaban J connectivity index is 1.47. The number of amides is 1. The van der Waals surface area contributed by atoms with Crippen molar-refractivity contribution in [3.63, 3.8) is 0 Å². The summed E-state index contributed by atoms with van der Waals surface area (Å²) in [5.41, 5.74) is 1.37.